The zero-order valence-electron chi connectivity index (χ0n) is 15.6. The molecule has 0 aliphatic carbocycles. The van der Waals surface area contributed by atoms with Gasteiger partial charge in [-0.1, -0.05) is 23.4 Å². The van der Waals surface area contributed by atoms with Gasteiger partial charge in [0.1, 0.15) is 22.9 Å². The van der Waals surface area contributed by atoms with Gasteiger partial charge in [0.15, 0.2) is 5.43 Å². The minimum atomic E-state index is -0.0461. The van der Waals surface area contributed by atoms with Crippen molar-refractivity contribution < 1.29 is 9.84 Å². The highest BCUT2D eigenvalue weighted by Gasteiger charge is 2.14. The molecular formula is C21H19N5O3. The summed E-state index contributed by atoms with van der Waals surface area (Å²) >= 11 is 0. The second-order valence-electron chi connectivity index (χ2n) is 6.92. The number of phenols is 1. The van der Waals surface area contributed by atoms with Crippen LogP contribution >= 0.6 is 0 Å². The van der Waals surface area contributed by atoms with E-state index in [9.17, 15) is 9.90 Å². The first kappa shape index (κ1) is 17.4. The molecule has 0 unspecified atom stereocenters. The van der Waals surface area contributed by atoms with Crippen LogP contribution in [0.4, 0.5) is 5.82 Å². The van der Waals surface area contributed by atoms with Crippen molar-refractivity contribution in [3.63, 3.8) is 0 Å². The Morgan fingerprint density at radius 2 is 1.90 bits per heavy atom. The van der Waals surface area contributed by atoms with Crippen molar-refractivity contribution in [2.45, 2.75) is 0 Å². The Balaban J connectivity index is 1.51. The molecule has 0 radical (unpaired) electrons. The van der Waals surface area contributed by atoms with Gasteiger partial charge in [0.25, 0.3) is 0 Å². The van der Waals surface area contributed by atoms with Gasteiger partial charge in [0.05, 0.1) is 24.9 Å². The number of anilines is 1. The SMILES string of the molecule is O=c1cc(N2CCOCC2)[nH]c2ccc(-c3cn(-c4ccccc4O)nn3)cc12. The van der Waals surface area contributed by atoms with Crippen LogP contribution in [0.3, 0.4) is 0 Å². The van der Waals surface area contributed by atoms with E-state index in [1.807, 2.05) is 24.3 Å². The van der Waals surface area contributed by atoms with E-state index >= 15 is 0 Å². The first-order valence-electron chi connectivity index (χ1n) is 9.40. The van der Waals surface area contributed by atoms with Crippen LogP contribution in [0.2, 0.25) is 0 Å². The molecular weight excluding hydrogens is 370 g/mol. The highest BCUT2D eigenvalue weighted by molar-refractivity contribution is 5.85. The van der Waals surface area contributed by atoms with Gasteiger partial charge in [0, 0.05) is 30.1 Å². The summed E-state index contributed by atoms with van der Waals surface area (Å²) in [7, 11) is 0. The number of hydrogen-bond acceptors (Lipinski definition) is 6. The van der Waals surface area contributed by atoms with Crippen molar-refractivity contribution in [2.75, 3.05) is 31.2 Å². The maximum absolute atomic E-state index is 12.7. The van der Waals surface area contributed by atoms with Gasteiger partial charge in [-0.15, -0.1) is 5.10 Å². The molecule has 1 aliphatic heterocycles. The van der Waals surface area contributed by atoms with Crippen LogP contribution in [-0.4, -0.2) is 51.4 Å². The number of aromatic nitrogens is 4. The number of aromatic hydroxyl groups is 1. The van der Waals surface area contributed by atoms with E-state index in [4.69, 9.17) is 4.74 Å². The average Bonchev–Trinajstić information content (AvgIpc) is 3.24. The van der Waals surface area contributed by atoms with Gasteiger partial charge in [0.2, 0.25) is 0 Å². The molecule has 1 aliphatic rings. The van der Waals surface area contributed by atoms with E-state index in [2.05, 4.69) is 20.2 Å². The Kier molecular flexibility index (Phi) is 4.25. The lowest BCUT2D eigenvalue weighted by molar-refractivity contribution is 0.122. The number of H-pyrrole nitrogens is 1. The molecule has 2 aromatic heterocycles. The summed E-state index contributed by atoms with van der Waals surface area (Å²) in [4.78, 5) is 18.2. The molecule has 8 heteroatoms. The van der Waals surface area contributed by atoms with Crippen LogP contribution in [0.5, 0.6) is 5.75 Å². The molecule has 0 amide bonds. The fourth-order valence-electron chi connectivity index (χ4n) is 3.54. The lowest BCUT2D eigenvalue weighted by atomic mass is 10.1. The number of aromatic amines is 1. The Bertz CT molecular complexity index is 1240. The van der Waals surface area contributed by atoms with Crippen molar-refractivity contribution in [2.24, 2.45) is 0 Å². The second kappa shape index (κ2) is 7.06. The highest BCUT2D eigenvalue weighted by Crippen LogP contribution is 2.25. The molecule has 2 N–H and O–H groups in total. The fraction of sp³-hybridized carbons (Fsp3) is 0.190. The monoisotopic (exact) mass is 389 g/mol. The number of nitrogens with zero attached hydrogens (tertiary/aromatic N) is 4. The number of benzene rings is 2. The summed E-state index contributed by atoms with van der Waals surface area (Å²) in [5, 5.41) is 18.9. The second-order valence-corrected chi connectivity index (χ2v) is 6.92. The third kappa shape index (κ3) is 3.23. The highest BCUT2D eigenvalue weighted by atomic mass is 16.5. The topological polar surface area (TPSA) is 96.3 Å². The number of phenolic OH excluding ortho intramolecular Hbond substituents is 1. The normalized spacial score (nSPS) is 14.4. The van der Waals surface area contributed by atoms with Crippen molar-refractivity contribution >= 4 is 16.7 Å². The summed E-state index contributed by atoms with van der Waals surface area (Å²) in [5.74, 6) is 0.929. The zero-order chi connectivity index (χ0) is 19.8. The van der Waals surface area contributed by atoms with Gasteiger partial charge >= 0.3 is 0 Å². The number of ether oxygens (including phenoxy) is 1. The predicted octanol–water partition coefficient (Wildman–Crippen LogP) is 2.32. The number of nitrogens with one attached hydrogen (secondary N) is 1. The summed E-state index contributed by atoms with van der Waals surface area (Å²) in [6.45, 7) is 2.83. The Hall–Kier alpha value is -3.65. The van der Waals surface area contributed by atoms with E-state index < -0.39 is 0 Å². The van der Waals surface area contributed by atoms with Crippen LogP contribution in [0.25, 0.3) is 27.8 Å². The van der Waals surface area contributed by atoms with Crippen LogP contribution < -0.4 is 10.3 Å². The minimum Gasteiger partial charge on any atom is -0.506 e. The van der Waals surface area contributed by atoms with Crippen LogP contribution in [0.1, 0.15) is 0 Å². The van der Waals surface area contributed by atoms with Crippen molar-refractivity contribution in [1.82, 2.24) is 20.0 Å². The Morgan fingerprint density at radius 3 is 2.72 bits per heavy atom. The zero-order valence-corrected chi connectivity index (χ0v) is 15.6. The lowest BCUT2D eigenvalue weighted by Crippen LogP contribution is -2.37. The molecule has 3 heterocycles. The summed E-state index contributed by atoms with van der Waals surface area (Å²) < 4.78 is 6.90. The van der Waals surface area contributed by atoms with E-state index in [0.29, 0.717) is 30.0 Å². The third-order valence-corrected chi connectivity index (χ3v) is 5.09. The molecule has 29 heavy (non-hydrogen) atoms. The molecule has 0 spiro atoms. The van der Waals surface area contributed by atoms with E-state index in [0.717, 1.165) is 30.0 Å². The molecule has 146 valence electrons. The minimum absolute atomic E-state index is 0.0461. The van der Waals surface area contributed by atoms with E-state index in [-0.39, 0.29) is 11.2 Å². The quantitative estimate of drug-likeness (QED) is 0.558. The number of fused-ring (bicyclic) bond motifs is 1. The maximum atomic E-state index is 12.7. The summed E-state index contributed by atoms with van der Waals surface area (Å²) in [5.41, 5.74) is 2.67. The largest absolute Gasteiger partial charge is 0.506 e. The molecule has 0 saturated carbocycles. The van der Waals surface area contributed by atoms with Gasteiger partial charge < -0.3 is 19.7 Å². The van der Waals surface area contributed by atoms with E-state index in [1.165, 1.54) is 4.68 Å². The molecule has 0 bridgehead atoms. The average molecular weight is 389 g/mol. The smallest absolute Gasteiger partial charge is 0.191 e. The lowest BCUT2D eigenvalue weighted by Gasteiger charge is -2.28. The van der Waals surface area contributed by atoms with Crippen molar-refractivity contribution in [3.8, 4) is 22.7 Å². The van der Waals surface area contributed by atoms with Crippen LogP contribution in [-0.2, 0) is 4.74 Å². The standard InChI is InChI=1S/C21H19N5O3/c27-19-4-2-1-3-18(19)26-13-17(23-24-26)14-5-6-16-15(11-14)20(28)12-21(22-16)25-7-9-29-10-8-25/h1-6,11-13,27H,7-10H2,(H,22,28). The predicted molar refractivity (Wildman–Crippen MR) is 110 cm³/mol. The first-order valence-corrected chi connectivity index (χ1v) is 9.40. The molecule has 2 aromatic carbocycles. The molecule has 1 fully saturated rings. The van der Waals surface area contributed by atoms with Crippen molar-refractivity contribution in [1.29, 1.82) is 0 Å². The maximum Gasteiger partial charge on any atom is 0.191 e. The summed E-state index contributed by atoms with van der Waals surface area (Å²) in [6, 6.07) is 14.2. The molecule has 8 nitrogen and oxygen atoms in total. The van der Waals surface area contributed by atoms with E-state index in [1.54, 1.807) is 30.5 Å². The first-order chi connectivity index (χ1) is 14.2. The van der Waals surface area contributed by atoms with Gasteiger partial charge in [-0.3, -0.25) is 4.79 Å². The number of para-hydroxylation sites is 2. The van der Waals surface area contributed by atoms with Gasteiger partial charge in [-0.2, -0.15) is 0 Å². The molecule has 0 atom stereocenters. The number of pyridine rings is 1. The fourth-order valence-corrected chi connectivity index (χ4v) is 3.54. The number of hydrogen-bond donors (Lipinski definition) is 2. The molecule has 1 saturated heterocycles. The van der Waals surface area contributed by atoms with Gasteiger partial charge in [-0.25, -0.2) is 4.68 Å². The Morgan fingerprint density at radius 1 is 1.07 bits per heavy atom. The van der Waals surface area contributed by atoms with Crippen LogP contribution in [0.15, 0.2) is 59.5 Å². The third-order valence-electron chi connectivity index (χ3n) is 5.09. The molecule has 4 aromatic rings. The number of rotatable bonds is 3. The summed E-state index contributed by atoms with van der Waals surface area (Å²) in [6.07, 6.45) is 1.73. The van der Waals surface area contributed by atoms with Gasteiger partial charge in [-0.05, 0) is 24.3 Å². The molecule has 5 rings (SSSR count). The van der Waals surface area contributed by atoms with Crippen molar-refractivity contribution in [3.05, 3.63) is 65.0 Å². The number of morpholine rings is 1. The Labute approximate surface area is 166 Å². The van der Waals surface area contributed by atoms with Crippen LogP contribution in [0, 0.1) is 0 Å².